The van der Waals surface area contributed by atoms with Crippen molar-refractivity contribution in [2.75, 3.05) is 24.5 Å². The van der Waals surface area contributed by atoms with E-state index in [0.29, 0.717) is 11.8 Å². The van der Waals surface area contributed by atoms with E-state index in [-0.39, 0.29) is 17.6 Å². The Kier molecular flexibility index (Phi) is 7.34. The molecule has 200 valence electrons. The average Bonchev–Trinajstić information content (AvgIpc) is 3.19. The van der Waals surface area contributed by atoms with Crippen molar-refractivity contribution >= 4 is 30.6 Å². The third-order valence-corrected chi connectivity index (χ3v) is 8.24. The second kappa shape index (κ2) is 10.5. The van der Waals surface area contributed by atoms with E-state index in [2.05, 4.69) is 65.4 Å². The van der Waals surface area contributed by atoms with Crippen molar-refractivity contribution < 1.29 is 13.6 Å². The minimum absolute atomic E-state index is 0.255. The Morgan fingerprint density at radius 3 is 2.53 bits per heavy atom. The number of halogens is 2. The zero-order valence-corrected chi connectivity index (χ0v) is 23.6. The number of nitrogens with one attached hydrogen (secondary N) is 2. The first kappa shape index (κ1) is 26.5. The summed E-state index contributed by atoms with van der Waals surface area (Å²) in [4.78, 5) is 21.2. The molecule has 8 heteroatoms. The molecule has 3 heterocycles. The highest BCUT2D eigenvalue weighted by atomic mass is 28.3. The van der Waals surface area contributed by atoms with Crippen LogP contribution in [0.5, 0.6) is 0 Å². The highest BCUT2D eigenvalue weighted by Crippen LogP contribution is 2.41. The normalized spacial score (nSPS) is 19.1. The lowest BCUT2D eigenvalue weighted by Crippen LogP contribution is -2.54. The summed E-state index contributed by atoms with van der Waals surface area (Å²) >= 11 is 0. The van der Waals surface area contributed by atoms with Gasteiger partial charge in [-0.05, 0) is 54.6 Å². The van der Waals surface area contributed by atoms with Crippen molar-refractivity contribution in [1.82, 2.24) is 15.2 Å². The number of aromatic amines is 1. The number of benzene rings is 2. The summed E-state index contributed by atoms with van der Waals surface area (Å²) in [6, 6.07) is 10.0. The van der Waals surface area contributed by atoms with E-state index in [4.69, 9.17) is 0 Å². The van der Waals surface area contributed by atoms with E-state index in [1.807, 2.05) is 17.0 Å². The largest absolute Gasteiger partial charge is 0.371 e. The molecule has 0 aliphatic carbocycles. The van der Waals surface area contributed by atoms with E-state index in [0.717, 1.165) is 61.1 Å². The number of nitrogens with zero attached hydrogens (tertiary/aromatic N) is 2. The van der Waals surface area contributed by atoms with Crippen LogP contribution in [0.2, 0.25) is 19.6 Å². The predicted octanol–water partition coefficient (Wildman–Crippen LogP) is 5.73. The molecule has 3 aromatic rings. The number of carbonyl (C=O) groups excluding carboxylic acids is 1. The molecule has 0 saturated carbocycles. The predicted molar refractivity (Wildman–Crippen MR) is 152 cm³/mol. The molecule has 2 aliphatic rings. The van der Waals surface area contributed by atoms with Crippen molar-refractivity contribution in [3.8, 4) is 11.5 Å². The minimum atomic E-state index is -1.80. The molecule has 5 nitrogen and oxygen atoms in total. The Morgan fingerprint density at radius 1 is 1.16 bits per heavy atom. The highest BCUT2D eigenvalue weighted by Gasteiger charge is 2.40. The van der Waals surface area contributed by atoms with Gasteiger partial charge in [-0.3, -0.25) is 10.1 Å². The number of carbonyl (C=O) groups is 1. The van der Waals surface area contributed by atoms with Gasteiger partial charge >= 0.3 is 0 Å². The lowest BCUT2D eigenvalue weighted by Gasteiger charge is -2.42. The van der Waals surface area contributed by atoms with Crippen LogP contribution in [-0.2, 0) is 11.2 Å². The van der Waals surface area contributed by atoms with Crippen LogP contribution in [0.1, 0.15) is 49.0 Å². The van der Waals surface area contributed by atoms with Crippen molar-refractivity contribution in [2.24, 2.45) is 0 Å². The number of aromatic nitrogens is 1. The van der Waals surface area contributed by atoms with Crippen LogP contribution in [0, 0.1) is 23.1 Å². The van der Waals surface area contributed by atoms with Gasteiger partial charge in [0.05, 0.1) is 17.7 Å². The standard InChI is InChI=1S/C30H36F2N4OSi/c1-5-6-13-33-26-19-24-23-17-21(31)18-25(32)28(23)34-29(24)30(36(26)27(37)12-16-38(2,3)4)20-8-10-22(11-9-20)35-14-7-15-35/h8-11,17-18,26,30,33-34H,5-7,13-15,19H2,1-4H3/t26-,30+/m1/s1. The van der Waals surface area contributed by atoms with Gasteiger partial charge in [-0.15, -0.1) is 5.54 Å². The van der Waals surface area contributed by atoms with Crippen molar-refractivity contribution in [1.29, 1.82) is 0 Å². The molecule has 1 aromatic heterocycles. The zero-order chi connectivity index (χ0) is 27.0. The van der Waals surface area contributed by atoms with E-state index in [1.165, 1.54) is 12.5 Å². The molecule has 0 unspecified atom stereocenters. The lowest BCUT2D eigenvalue weighted by atomic mass is 9.90. The van der Waals surface area contributed by atoms with Crippen LogP contribution in [0.4, 0.5) is 14.5 Å². The molecule has 2 aromatic carbocycles. The summed E-state index contributed by atoms with van der Waals surface area (Å²) in [7, 11) is -1.80. The summed E-state index contributed by atoms with van der Waals surface area (Å²) < 4.78 is 29.2. The van der Waals surface area contributed by atoms with Crippen LogP contribution in [0.15, 0.2) is 36.4 Å². The molecule has 38 heavy (non-hydrogen) atoms. The van der Waals surface area contributed by atoms with Gasteiger partial charge in [0, 0.05) is 42.3 Å². The maximum absolute atomic E-state index is 14.9. The molecule has 0 radical (unpaired) electrons. The third-order valence-electron chi connectivity index (χ3n) is 7.37. The second-order valence-corrected chi connectivity index (χ2v) is 16.2. The van der Waals surface area contributed by atoms with Crippen LogP contribution in [0.3, 0.4) is 0 Å². The first-order valence-corrected chi connectivity index (χ1v) is 17.1. The summed E-state index contributed by atoms with van der Waals surface area (Å²) in [5.74, 6) is 1.45. The second-order valence-electron chi connectivity index (χ2n) is 11.4. The molecule has 2 aliphatic heterocycles. The van der Waals surface area contributed by atoms with Gasteiger partial charge in [-0.25, -0.2) is 8.78 Å². The SMILES string of the molecule is CCCCN[C@H]1Cc2c([nH]c3c(F)cc(F)cc23)[C@H](c2ccc(N3CCC3)cc2)N1C(=O)C#C[Si](C)(C)C. The first-order chi connectivity index (χ1) is 18.2. The Balaban J connectivity index is 1.66. The topological polar surface area (TPSA) is 51.4 Å². The molecule has 1 saturated heterocycles. The quantitative estimate of drug-likeness (QED) is 0.241. The number of H-pyrrole nitrogens is 1. The van der Waals surface area contributed by atoms with E-state index in [9.17, 15) is 13.6 Å². The molecule has 1 fully saturated rings. The lowest BCUT2D eigenvalue weighted by molar-refractivity contribution is -0.130. The van der Waals surface area contributed by atoms with Crippen molar-refractivity contribution in [3.63, 3.8) is 0 Å². The van der Waals surface area contributed by atoms with Gasteiger partial charge in [-0.1, -0.05) is 45.1 Å². The molecular formula is C30H36F2N4OSi. The Labute approximate surface area is 224 Å². The smallest absolute Gasteiger partial charge is 0.299 e. The van der Waals surface area contributed by atoms with Crippen molar-refractivity contribution in [2.45, 2.75) is 64.5 Å². The highest BCUT2D eigenvalue weighted by molar-refractivity contribution is 6.84. The number of unbranched alkanes of at least 4 members (excludes halogenated alkanes) is 1. The Bertz CT molecular complexity index is 1400. The number of amides is 1. The molecular weight excluding hydrogens is 498 g/mol. The maximum atomic E-state index is 14.9. The summed E-state index contributed by atoms with van der Waals surface area (Å²) in [5, 5.41) is 4.09. The van der Waals surface area contributed by atoms with Crippen molar-refractivity contribution in [3.05, 3.63) is 64.9 Å². The van der Waals surface area contributed by atoms with Gasteiger partial charge in [0.25, 0.3) is 5.91 Å². The van der Waals surface area contributed by atoms with E-state index >= 15 is 0 Å². The molecule has 0 spiro atoms. The molecule has 1 amide bonds. The van der Waals surface area contributed by atoms with Gasteiger partial charge in [0.2, 0.25) is 0 Å². The zero-order valence-electron chi connectivity index (χ0n) is 22.6. The summed E-state index contributed by atoms with van der Waals surface area (Å²) in [6.07, 6.45) is 3.24. The van der Waals surface area contributed by atoms with Crippen LogP contribution in [0.25, 0.3) is 10.9 Å². The molecule has 2 N–H and O–H groups in total. The number of hydrogen-bond acceptors (Lipinski definition) is 3. The van der Waals surface area contributed by atoms with Gasteiger partial charge in [0.1, 0.15) is 19.7 Å². The third kappa shape index (κ3) is 5.23. The molecule has 0 bridgehead atoms. The fourth-order valence-corrected chi connectivity index (χ4v) is 5.79. The summed E-state index contributed by atoms with van der Waals surface area (Å²) in [6.45, 7) is 11.3. The van der Waals surface area contributed by atoms with E-state index < -0.39 is 25.8 Å². The monoisotopic (exact) mass is 534 g/mol. The van der Waals surface area contributed by atoms with Gasteiger partial charge in [0.15, 0.2) is 0 Å². The first-order valence-electron chi connectivity index (χ1n) is 13.6. The van der Waals surface area contributed by atoms with Gasteiger partial charge in [-0.2, -0.15) is 0 Å². The summed E-state index contributed by atoms with van der Waals surface area (Å²) in [5.41, 5.74) is 7.12. The fraction of sp³-hybridized carbons (Fsp3) is 0.433. The number of anilines is 1. The number of hydrogen-bond donors (Lipinski definition) is 2. The van der Waals surface area contributed by atoms with E-state index in [1.54, 1.807) is 0 Å². The van der Waals surface area contributed by atoms with Crippen LogP contribution < -0.4 is 10.2 Å². The molecule has 2 atom stereocenters. The maximum Gasteiger partial charge on any atom is 0.299 e. The minimum Gasteiger partial charge on any atom is -0.371 e. The number of rotatable bonds is 6. The number of fused-ring (bicyclic) bond motifs is 3. The molecule has 5 rings (SSSR count). The fourth-order valence-electron chi connectivity index (χ4n) is 5.31. The Hall–Kier alpha value is -3.15. The Morgan fingerprint density at radius 2 is 1.89 bits per heavy atom. The van der Waals surface area contributed by atoms with Crippen LogP contribution >= 0.6 is 0 Å². The van der Waals surface area contributed by atoms with Gasteiger partial charge < -0.3 is 14.8 Å². The van der Waals surface area contributed by atoms with Crippen LogP contribution in [-0.4, -0.2) is 49.7 Å². The average molecular weight is 535 g/mol.